The van der Waals surface area contributed by atoms with Gasteiger partial charge >= 0.3 is 5.97 Å². The lowest BCUT2D eigenvalue weighted by molar-refractivity contribution is 0.0697. The average molecular weight is 262 g/mol. The highest BCUT2D eigenvalue weighted by Gasteiger charge is 2.09. The van der Waals surface area contributed by atoms with Gasteiger partial charge in [0.1, 0.15) is 0 Å². The van der Waals surface area contributed by atoms with Gasteiger partial charge in [-0.25, -0.2) is 4.79 Å². The summed E-state index contributed by atoms with van der Waals surface area (Å²) in [5, 5.41) is 12.7. The number of aromatic nitrogens is 2. The number of carboxylic acid groups (broad SMARTS) is 1. The Labute approximate surface area is 110 Å². The first-order valence-electron chi connectivity index (χ1n) is 5.86. The van der Waals surface area contributed by atoms with Gasteiger partial charge in [0, 0.05) is 25.7 Å². The molecular formula is C13H14N2O4. The van der Waals surface area contributed by atoms with Crippen molar-refractivity contribution < 1.29 is 19.2 Å². The average Bonchev–Trinajstić information content (AvgIpc) is 2.88. The second-order valence-corrected chi connectivity index (χ2v) is 3.99. The minimum Gasteiger partial charge on any atom is -0.478 e. The molecule has 0 unspecified atom stereocenters. The van der Waals surface area contributed by atoms with Crippen LogP contribution in [0.5, 0.6) is 0 Å². The minimum atomic E-state index is -0.958. The third-order valence-electron chi connectivity index (χ3n) is 2.60. The Morgan fingerprint density at radius 2 is 2.11 bits per heavy atom. The maximum Gasteiger partial charge on any atom is 0.335 e. The van der Waals surface area contributed by atoms with Crippen LogP contribution in [0.3, 0.4) is 0 Å². The van der Waals surface area contributed by atoms with Gasteiger partial charge in [0.25, 0.3) is 0 Å². The van der Waals surface area contributed by atoms with E-state index in [0.717, 1.165) is 12.0 Å². The van der Waals surface area contributed by atoms with Crippen LogP contribution >= 0.6 is 0 Å². The zero-order valence-electron chi connectivity index (χ0n) is 10.5. The van der Waals surface area contributed by atoms with Crippen LogP contribution in [-0.4, -0.2) is 34.9 Å². The van der Waals surface area contributed by atoms with Crippen molar-refractivity contribution in [1.29, 1.82) is 0 Å². The van der Waals surface area contributed by atoms with Crippen molar-refractivity contribution in [1.82, 2.24) is 10.1 Å². The number of hydrogen-bond donors (Lipinski definition) is 1. The molecule has 1 aromatic heterocycles. The topological polar surface area (TPSA) is 85.5 Å². The van der Waals surface area contributed by atoms with Crippen molar-refractivity contribution in [3.8, 4) is 11.4 Å². The van der Waals surface area contributed by atoms with E-state index in [9.17, 15) is 4.79 Å². The van der Waals surface area contributed by atoms with E-state index in [1.807, 2.05) is 0 Å². The molecular weight excluding hydrogens is 248 g/mol. The molecule has 0 fully saturated rings. The molecule has 0 bridgehead atoms. The summed E-state index contributed by atoms with van der Waals surface area (Å²) in [6, 6.07) is 6.34. The van der Waals surface area contributed by atoms with Crippen LogP contribution in [0.2, 0.25) is 0 Å². The molecule has 0 saturated heterocycles. The van der Waals surface area contributed by atoms with Crippen molar-refractivity contribution in [2.24, 2.45) is 0 Å². The van der Waals surface area contributed by atoms with E-state index >= 15 is 0 Å². The third kappa shape index (κ3) is 3.38. The third-order valence-corrected chi connectivity index (χ3v) is 2.60. The fraction of sp³-hybridized carbons (Fsp3) is 0.308. The molecule has 0 spiro atoms. The van der Waals surface area contributed by atoms with E-state index in [-0.39, 0.29) is 5.56 Å². The molecule has 0 saturated carbocycles. The Bertz CT molecular complexity index is 548. The summed E-state index contributed by atoms with van der Waals surface area (Å²) >= 11 is 0. The van der Waals surface area contributed by atoms with E-state index in [1.165, 1.54) is 12.1 Å². The van der Waals surface area contributed by atoms with Crippen molar-refractivity contribution in [2.45, 2.75) is 12.8 Å². The fourth-order valence-electron chi connectivity index (χ4n) is 1.60. The summed E-state index contributed by atoms with van der Waals surface area (Å²) in [4.78, 5) is 15.0. The summed E-state index contributed by atoms with van der Waals surface area (Å²) in [6.45, 7) is 0.644. The Balaban J connectivity index is 2.07. The molecule has 0 amide bonds. The first kappa shape index (κ1) is 13.2. The molecule has 0 aliphatic heterocycles. The van der Waals surface area contributed by atoms with Gasteiger partial charge in [-0.15, -0.1) is 0 Å². The van der Waals surface area contributed by atoms with Gasteiger partial charge in [-0.05, 0) is 18.6 Å². The molecule has 1 aromatic carbocycles. The Morgan fingerprint density at radius 3 is 2.74 bits per heavy atom. The molecule has 6 heteroatoms. The van der Waals surface area contributed by atoms with E-state index in [0.29, 0.717) is 24.7 Å². The highest BCUT2D eigenvalue weighted by atomic mass is 16.5. The summed E-state index contributed by atoms with van der Waals surface area (Å²) in [5.74, 6) is 0.0543. The number of hydrogen-bond acceptors (Lipinski definition) is 5. The standard InChI is InChI=1S/C13H14N2O4/c1-18-8-2-3-11-14-12(15-19-11)9-4-6-10(7-5-9)13(16)17/h4-7H,2-3,8H2,1H3,(H,16,17). The number of aryl methyl sites for hydroxylation is 1. The molecule has 1 N–H and O–H groups in total. The van der Waals surface area contributed by atoms with Gasteiger partial charge < -0.3 is 14.4 Å². The normalized spacial score (nSPS) is 10.6. The molecule has 6 nitrogen and oxygen atoms in total. The molecule has 0 aliphatic carbocycles. The van der Waals surface area contributed by atoms with Crippen molar-refractivity contribution in [3.63, 3.8) is 0 Å². The van der Waals surface area contributed by atoms with Crippen LogP contribution in [-0.2, 0) is 11.2 Å². The first-order chi connectivity index (χ1) is 9.20. The lowest BCUT2D eigenvalue weighted by Crippen LogP contribution is -1.95. The van der Waals surface area contributed by atoms with Crippen LogP contribution in [0.25, 0.3) is 11.4 Å². The maximum absolute atomic E-state index is 10.7. The van der Waals surface area contributed by atoms with E-state index < -0.39 is 5.97 Å². The zero-order valence-corrected chi connectivity index (χ0v) is 10.5. The van der Waals surface area contributed by atoms with Crippen LogP contribution in [0.15, 0.2) is 28.8 Å². The number of nitrogens with zero attached hydrogens (tertiary/aromatic N) is 2. The molecule has 0 atom stereocenters. The van der Waals surface area contributed by atoms with Gasteiger partial charge in [-0.3, -0.25) is 0 Å². The number of rotatable bonds is 6. The molecule has 19 heavy (non-hydrogen) atoms. The van der Waals surface area contributed by atoms with Crippen molar-refractivity contribution in [2.75, 3.05) is 13.7 Å². The monoisotopic (exact) mass is 262 g/mol. The fourth-order valence-corrected chi connectivity index (χ4v) is 1.60. The molecule has 1 heterocycles. The Morgan fingerprint density at radius 1 is 1.37 bits per heavy atom. The lowest BCUT2D eigenvalue weighted by atomic mass is 10.1. The second-order valence-electron chi connectivity index (χ2n) is 3.99. The molecule has 0 radical (unpaired) electrons. The second kappa shape index (κ2) is 6.10. The molecule has 100 valence electrons. The van der Waals surface area contributed by atoms with Crippen LogP contribution in [0.4, 0.5) is 0 Å². The number of carbonyl (C=O) groups is 1. The van der Waals surface area contributed by atoms with Crippen molar-refractivity contribution >= 4 is 5.97 Å². The number of methoxy groups -OCH3 is 1. The van der Waals surface area contributed by atoms with Crippen LogP contribution < -0.4 is 0 Å². The Hall–Kier alpha value is -2.21. The highest BCUT2D eigenvalue weighted by Crippen LogP contribution is 2.17. The predicted octanol–water partition coefficient (Wildman–Crippen LogP) is 2.01. The summed E-state index contributed by atoms with van der Waals surface area (Å²) < 4.78 is 10.1. The summed E-state index contributed by atoms with van der Waals surface area (Å²) in [5.41, 5.74) is 0.958. The van der Waals surface area contributed by atoms with Gasteiger partial charge in [-0.1, -0.05) is 17.3 Å². The van der Waals surface area contributed by atoms with E-state index in [1.54, 1.807) is 19.2 Å². The SMILES string of the molecule is COCCCc1nc(-c2ccc(C(=O)O)cc2)no1. The summed E-state index contributed by atoms with van der Waals surface area (Å²) in [6.07, 6.45) is 1.48. The van der Waals surface area contributed by atoms with Gasteiger partial charge in [-0.2, -0.15) is 4.98 Å². The quantitative estimate of drug-likeness (QED) is 0.801. The van der Waals surface area contributed by atoms with Crippen LogP contribution in [0, 0.1) is 0 Å². The number of carboxylic acids is 1. The minimum absolute atomic E-state index is 0.229. The van der Waals surface area contributed by atoms with Crippen molar-refractivity contribution in [3.05, 3.63) is 35.7 Å². The summed E-state index contributed by atoms with van der Waals surface area (Å²) in [7, 11) is 1.64. The zero-order chi connectivity index (χ0) is 13.7. The molecule has 2 rings (SSSR count). The first-order valence-corrected chi connectivity index (χ1v) is 5.86. The molecule has 0 aliphatic rings. The molecule has 2 aromatic rings. The largest absolute Gasteiger partial charge is 0.478 e. The predicted molar refractivity (Wildman–Crippen MR) is 66.9 cm³/mol. The smallest absolute Gasteiger partial charge is 0.335 e. The van der Waals surface area contributed by atoms with Gasteiger partial charge in [0.2, 0.25) is 11.7 Å². The van der Waals surface area contributed by atoms with E-state index in [4.69, 9.17) is 14.4 Å². The van der Waals surface area contributed by atoms with Gasteiger partial charge in [0.15, 0.2) is 0 Å². The highest BCUT2D eigenvalue weighted by molar-refractivity contribution is 5.88. The van der Waals surface area contributed by atoms with E-state index in [2.05, 4.69) is 10.1 Å². The number of ether oxygens (including phenoxy) is 1. The Kier molecular flexibility index (Phi) is 4.25. The number of benzene rings is 1. The number of aromatic carboxylic acids is 1. The lowest BCUT2D eigenvalue weighted by Gasteiger charge is -1.96. The van der Waals surface area contributed by atoms with Gasteiger partial charge in [0.05, 0.1) is 5.56 Å². The maximum atomic E-state index is 10.7. The van der Waals surface area contributed by atoms with Crippen LogP contribution in [0.1, 0.15) is 22.7 Å².